The van der Waals surface area contributed by atoms with Crippen molar-refractivity contribution >= 4 is 52.7 Å². The zero-order valence-electron chi connectivity index (χ0n) is 13.6. The second kappa shape index (κ2) is 11.9. The molecule has 0 aromatic heterocycles. The average Bonchev–Trinajstić information content (AvgIpc) is 3.05. The summed E-state index contributed by atoms with van der Waals surface area (Å²) in [4.78, 5) is 22.7. The number of aliphatic imine (C=N–C) groups is 1. The van der Waals surface area contributed by atoms with Crippen molar-refractivity contribution in [3.05, 3.63) is 22.2 Å². The van der Waals surface area contributed by atoms with Crippen molar-refractivity contribution < 1.29 is 19.8 Å². The molecule has 140 valence electrons. The zero-order valence-corrected chi connectivity index (χ0v) is 15.1. The van der Waals surface area contributed by atoms with Crippen LogP contribution in [0.4, 0.5) is 21.0 Å². The molecule has 10 nitrogen and oxygen atoms in total. The third-order valence-corrected chi connectivity index (χ3v) is 3.01. The van der Waals surface area contributed by atoms with E-state index in [1.807, 2.05) is 10.6 Å². The standard InChI is InChI=1S/C9H10Cl2N4.2C2H5NO2/c10-6-3-5(12)4-7(11)8(6)15-9-13-1-2-14-9;2*1-3-2(4)5/h3-4H,1-2,12H2,(H2,13,14,15);2*3H,1H3,(H,4,5). The highest BCUT2D eigenvalue weighted by atomic mass is 35.5. The number of nitrogens with zero attached hydrogens (tertiary/aromatic N) is 1. The lowest BCUT2D eigenvalue weighted by Gasteiger charge is -2.11. The Labute approximate surface area is 154 Å². The van der Waals surface area contributed by atoms with Gasteiger partial charge in [0.2, 0.25) is 0 Å². The molecule has 0 aliphatic carbocycles. The molecular formula is C13H20Cl2N6O4. The predicted molar refractivity (Wildman–Crippen MR) is 99.0 cm³/mol. The summed E-state index contributed by atoms with van der Waals surface area (Å²) >= 11 is 12.0. The lowest BCUT2D eigenvalue weighted by molar-refractivity contribution is 0.196. The molecule has 1 aliphatic heterocycles. The van der Waals surface area contributed by atoms with Crippen LogP contribution in [0.5, 0.6) is 0 Å². The van der Waals surface area contributed by atoms with Crippen LogP contribution in [-0.4, -0.2) is 55.5 Å². The normalized spacial score (nSPS) is 11.4. The third-order valence-electron chi connectivity index (χ3n) is 2.41. The first-order valence-corrected chi connectivity index (χ1v) is 7.58. The second-order valence-electron chi connectivity index (χ2n) is 4.25. The molecule has 0 spiro atoms. The van der Waals surface area contributed by atoms with Crippen LogP contribution in [0.15, 0.2) is 17.1 Å². The van der Waals surface area contributed by atoms with Gasteiger partial charge in [0, 0.05) is 26.3 Å². The lowest BCUT2D eigenvalue weighted by atomic mass is 10.3. The fourth-order valence-electron chi connectivity index (χ4n) is 1.31. The summed E-state index contributed by atoms with van der Waals surface area (Å²) in [7, 11) is 2.70. The number of carboxylic acid groups (broad SMARTS) is 2. The molecule has 8 N–H and O–H groups in total. The number of carbonyl (C=O) groups is 2. The summed E-state index contributed by atoms with van der Waals surface area (Å²) in [6.45, 7) is 1.58. The molecule has 0 radical (unpaired) electrons. The molecule has 0 fully saturated rings. The van der Waals surface area contributed by atoms with Crippen molar-refractivity contribution in [3.63, 3.8) is 0 Å². The first-order valence-electron chi connectivity index (χ1n) is 6.82. The number of hydrogen-bond donors (Lipinski definition) is 7. The van der Waals surface area contributed by atoms with Gasteiger partial charge in [0.15, 0.2) is 5.96 Å². The van der Waals surface area contributed by atoms with Gasteiger partial charge in [0.25, 0.3) is 0 Å². The van der Waals surface area contributed by atoms with E-state index in [2.05, 4.69) is 15.6 Å². The first kappa shape index (κ1) is 22.4. The Morgan fingerprint density at radius 2 is 1.60 bits per heavy atom. The van der Waals surface area contributed by atoms with Gasteiger partial charge >= 0.3 is 12.2 Å². The number of nitrogens with one attached hydrogen (secondary N) is 4. The average molecular weight is 395 g/mol. The summed E-state index contributed by atoms with van der Waals surface area (Å²) in [6.07, 6.45) is -1.99. The molecule has 0 saturated heterocycles. The van der Waals surface area contributed by atoms with E-state index in [-0.39, 0.29) is 0 Å². The Hall–Kier alpha value is -2.59. The number of guanidine groups is 1. The number of nitrogen functional groups attached to an aromatic ring is 1. The van der Waals surface area contributed by atoms with E-state index in [0.717, 1.165) is 13.1 Å². The van der Waals surface area contributed by atoms with E-state index < -0.39 is 12.2 Å². The maximum Gasteiger partial charge on any atom is 0.404 e. The van der Waals surface area contributed by atoms with Gasteiger partial charge in [-0.2, -0.15) is 0 Å². The van der Waals surface area contributed by atoms with E-state index in [1.54, 1.807) is 12.1 Å². The molecule has 0 saturated carbocycles. The quantitative estimate of drug-likeness (QED) is 0.356. The Bertz CT molecular complexity index is 590. The fraction of sp³-hybridized carbons (Fsp3) is 0.308. The molecule has 2 amide bonds. The number of halogens is 2. The van der Waals surface area contributed by atoms with Crippen LogP contribution in [0, 0.1) is 0 Å². The summed E-state index contributed by atoms with van der Waals surface area (Å²) in [5.74, 6) is 0.684. The van der Waals surface area contributed by atoms with Crippen LogP contribution >= 0.6 is 23.2 Å². The van der Waals surface area contributed by atoms with E-state index in [1.165, 1.54) is 14.1 Å². The van der Waals surface area contributed by atoms with Crippen molar-refractivity contribution in [3.8, 4) is 0 Å². The summed E-state index contributed by atoms with van der Waals surface area (Å²) in [5.41, 5.74) is 6.76. The van der Waals surface area contributed by atoms with Gasteiger partial charge in [-0.15, -0.1) is 0 Å². The van der Waals surface area contributed by atoms with Crippen molar-refractivity contribution in [2.45, 2.75) is 0 Å². The minimum Gasteiger partial charge on any atom is -0.465 e. The number of amides is 2. The number of benzene rings is 1. The molecule has 12 heteroatoms. The topological polar surface area (TPSA) is 161 Å². The molecule has 0 atom stereocenters. The van der Waals surface area contributed by atoms with Gasteiger partial charge in [-0.1, -0.05) is 23.2 Å². The summed E-state index contributed by atoms with van der Waals surface area (Å²) in [5, 5.41) is 26.2. The van der Waals surface area contributed by atoms with Gasteiger partial charge in [-0.05, 0) is 12.1 Å². The van der Waals surface area contributed by atoms with Crippen molar-refractivity contribution in [2.75, 3.05) is 38.2 Å². The highest BCUT2D eigenvalue weighted by molar-refractivity contribution is 6.40. The Morgan fingerprint density at radius 1 is 1.16 bits per heavy atom. The van der Waals surface area contributed by atoms with Crippen LogP contribution in [0.2, 0.25) is 10.0 Å². The van der Waals surface area contributed by atoms with Gasteiger partial charge in [0.05, 0.1) is 22.3 Å². The minimum absolute atomic E-state index is 0.483. The van der Waals surface area contributed by atoms with E-state index in [4.69, 9.17) is 39.1 Å². The molecule has 1 aromatic rings. The molecule has 0 bridgehead atoms. The Balaban J connectivity index is 0.000000480. The third kappa shape index (κ3) is 9.99. The monoisotopic (exact) mass is 394 g/mol. The zero-order chi connectivity index (χ0) is 19.4. The summed E-state index contributed by atoms with van der Waals surface area (Å²) < 4.78 is 0. The van der Waals surface area contributed by atoms with Crippen LogP contribution in [-0.2, 0) is 0 Å². The van der Waals surface area contributed by atoms with Crippen LogP contribution in [0.25, 0.3) is 0 Å². The maximum atomic E-state index is 9.26. The number of nitrogens with two attached hydrogens (primary N) is 1. The molecular weight excluding hydrogens is 375 g/mol. The van der Waals surface area contributed by atoms with Gasteiger partial charge in [-0.25, -0.2) is 9.59 Å². The van der Waals surface area contributed by atoms with Crippen molar-refractivity contribution in [1.82, 2.24) is 16.0 Å². The smallest absolute Gasteiger partial charge is 0.404 e. The minimum atomic E-state index is -0.995. The Morgan fingerprint density at radius 3 is 1.92 bits per heavy atom. The van der Waals surface area contributed by atoms with E-state index in [0.29, 0.717) is 27.4 Å². The number of anilines is 2. The van der Waals surface area contributed by atoms with Gasteiger partial charge in [-0.3, -0.25) is 4.99 Å². The molecule has 25 heavy (non-hydrogen) atoms. The van der Waals surface area contributed by atoms with Crippen LogP contribution in [0.3, 0.4) is 0 Å². The van der Waals surface area contributed by atoms with Crippen LogP contribution < -0.4 is 27.0 Å². The second-order valence-corrected chi connectivity index (χ2v) is 5.07. The van der Waals surface area contributed by atoms with Crippen LogP contribution in [0.1, 0.15) is 0 Å². The predicted octanol–water partition coefficient (Wildman–Crippen LogP) is 1.71. The molecule has 1 aromatic carbocycles. The van der Waals surface area contributed by atoms with E-state index >= 15 is 0 Å². The SMILES string of the molecule is CNC(=O)O.CNC(=O)O.Nc1cc(Cl)c(NC2=NCCN2)c(Cl)c1. The Kier molecular flexibility index (Phi) is 10.6. The van der Waals surface area contributed by atoms with Crippen molar-refractivity contribution in [1.29, 1.82) is 0 Å². The highest BCUT2D eigenvalue weighted by Crippen LogP contribution is 2.32. The largest absolute Gasteiger partial charge is 0.465 e. The molecule has 1 heterocycles. The fourth-order valence-corrected chi connectivity index (χ4v) is 1.91. The summed E-state index contributed by atoms with van der Waals surface area (Å²) in [6, 6.07) is 3.29. The maximum absolute atomic E-state index is 9.26. The number of rotatable bonds is 1. The molecule has 0 unspecified atom stereocenters. The molecule has 1 aliphatic rings. The highest BCUT2D eigenvalue weighted by Gasteiger charge is 2.11. The van der Waals surface area contributed by atoms with E-state index in [9.17, 15) is 9.59 Å². The first-order chi connectivity index (χ1) is 11.7. The number of hydrogen-bond acceptors (Lipinski definition) is 6. The van der Waals surface area contributed by atoms with Crippen molar-refractivity contribution in [2.24, 2.45) is 4.99 Å². The lowest BCUT2D eigenvalue weighted by Crippen LogP contribution is -2.26. The molecule has 2 rings (SSSR count). The van der Waals surface area contributed by atoms with Gasteiger partial charge < -0.3 is 37.2 Å². The van der Waals surface area contributed by atoms with Gasteiger partial charge in [0.1, 0.15) is 0 Å².